The molecule has 0 atom stereocenters. The lowest BCUT2D eigenvalue weighted by Crippen LogP contribution is -1.81. The second-order valence-corrected chi connectivity index (χ2v) is 7.36. The summed E-state index contributed by atoms with van der Waals surface area (Å²) in [5.41, 5.74) is 0. The molecule has 0 bridgehead atoms. The average molecular weight is 335 g/mol. The van der Waals surface area contributed by atoms with Gasteiger partial charge in [-0.3, -0.25) is 0 Å². The van der Waals surface area contributed by atoms with Crippen LogP contribution in [0, 0.1) is 0 Å². The highest BCUT2D eigenvalue weighted by Gasteiger charge is 1.92. The van der Waals surface area contributed by atoms with E-state index in [0.717, 1.165) is 0 Å². The SMILES string of the molecule is CC=CCCCCCCCCCCC=CCCCCCCCCC. The zero-order valence-electron chi connectivity index (χ0n) is 17.0. The summed E-state index contributed by atoms with van der Waals surface area (Å²) in [5.74, 6) is 0. The van der Waals surface area contributed by atoms with E-state index in [1.165, 1.54) is 116 Å². The molecule has 0 N–H and O–H groups in total. The van der Waals surface area contributed by atoms with Gasteiger partial charge in [-0.2, -0.15) is 0 Å². The van der Waals surface area contributed by atoms with Crippen molar-refractivity contribution in [1.82, 2.24) is 0 Å². The van der Waals surface area contributed by atoms with E-state index in [4.69, 9.17) is 0 Å². The van der Waals surface area contributed by atoms with Gasteiger partial charge < -0.3 is 0 Å². The van der Waals surface area contributed by atoms with Crippen LogP contribution in [0.5, 0.6) is 0 Å². The van der Waals surface area contributed by atoms with Gasteiger partial charge in [0.15, 0.2) is 0 Å². The van der Waals surface area contributed by atoms with Gasteiger partial charge >= 0.3 is 0 Å². The third kappa shape index (κ3) is 21.5. The summed E-state index contributed by atoms with van der Waals surface area (Å²) in [6.07, 6.45) is 34.6. The molecule has 24 heavy (non-hydrogen) atoms. The Kier molecular flexibility index (Phi) is 22.0. The molecule has 0 heterocycles. The van der Waals surface area contributed by atoms with Crippen LogP contribution in [-0.2, 0) is 0 Å². The van der Waals surface area contributed by atoms with Crippen molar-refractivity contribution in [3.63, 3.8) is 0 Å². The molecule has 0 saturated carbocycles. The molecule has 0 saturated heterocycles. The quantitative estimate of drug-likeness (QED) is 0.163. The van der Waals surface area contributed by atoms with E-state index >= 15 is 0 Å². The normalized spacial score (nSPS) is 11.9. The molecule has 0 aromatic heterocycles. The molecule has 142 valence electrons. The third-order valence-corrected chi connectivity index (χ3v) is 4.87. The Hall–Kier alpha value is -0.520. The molecular weight excluding hydrogens is 288 g/mol. The highest BCUT2D eigenvalue weighted by molar-refractivity contribution is 4.81. The van der Waals surface area contributed by atoms with E-state index in [2.05, 4.69) is 38.2 Å². The van der Waals surface area contributed by atoms with Crippen molar-refractivity contribution in [1.29, 1.82) is 0 Å². The van der Waals surface area contributed by atoms with Gasteiger partial charge in [0.1, 0.15) is 0 Å². The zero-order chi connectivity index (χ0) is 17.6. The van der Waals surface area contributed by atoms with Crippen LogP contribution >= 0.6 is 0 Å². The molecule has 0 aromatic rings. The Morgan fingerprint density at radius 1 is 0.417 bits per heavy atom. The highest BCUT2D eigenvalue weighted by atomic mass is 14.0. The molecule has 0 amide bonds. The van der Waals surface area contributed by atoms with Crippen molar-refractivity contribution in [2.75, 3.05) is 0 Å². The van der Waals surface area contributed by atoms with Crippen molar-refractivity contribution < 1.29 is 0 Å². The van der Waals surface area contributed by atoms with Gasteiger partial charge in [-0.25, -0.2) is 0 Å². The summed E-state index contributed by atoms with van der Waals surface area (Å²) in [5, 5.41) is 0. The lowest BCUT2D eigenvalue weighted by atomic mass is 10.1. The van der Waals surface area contributed by atoms with Gasteiger partial charge in [0.2, 0.25) is 0 Å². The van der Waals surface area contributed by atoms with Crippen LogP contribution in [0.4, 0.5) is 0 Å². The minimum absolute atomic E-state index is 1.28. The van der Waals surface area contributed by atoms with E-state index in [1.807, 2.05) is 0 Å². The monoisotopic (exact) mass is 334 g/mol. The fourth-order valence-corrected chi connectivity index (χ4v) is 3.21. The topological polar surface area (TPSA) is 0 Å². The predicted octanol–water partition coefficient (Wildman–Crippen LogP) is 9.16. The highest BCUT2D eigenvalue weighted by Crippen LogP contribution is 2.12. The smallest absolute Gasteiger partial charge is 0.0351 e. The number of unbranched alkanes of at least 4 members (excludes halogenated alkanes) is 16. The Morgan fingerprint density at radius 3 is 1.12 bits per heavy atom. The van der Waals surface area contributed by atoms with Crippen molar-refractivity contribution >= 4 is 0 Å². The molecule has 0 heteroatoms. The van der Waals surface area contributed by atoms with Gasteiger partial charge in [-0.05, 0) is 45.4 Å². The molecule has 0 aromatic carbocycles. The minimum atomic E-state index is 1.28. The summed E-state index contributed by atoms with van der Waals surface area (Å²) in [6.45, 7) is 4.41. The maximum absolute atomic E-state index is 2.43. The first-order valence-electron chi connectivity index (χ1n) is 11.2. The van der Waals surface area contributed by atoms with Crippen LogP contribution in [-0.4, -0.2) is 0 Å². The first-order chi connectivity index (χ1) is 11.9. The average Bonchev–Trinajstić information content (AvgIpc) is 2.60. The van der Waals surface area contributed by atoms with E-state index in [1.54, 1.807) is 0 Å². The van der Waals surface area contributed by atoms with Crippen LogP contribution in [0.25, 0.3) is 0 Å². The Morgan fingerprint density at radius 2 is 0.750 bits per heavy atom. The van der Waals surface area contributed by atoms with Crippen LogP contribution in [0.15, 0.2) is 24.3 Å². The maximum atomic E-state index is 2.43. The van der Waals surface area contributed by atoms with E-state index in [0.29, 0.717) is 0 Å². The number of hydrogen-bond acceptors (Lipinski definition) is 0. The summed E-state index contributed by atoms with van der Waals surface area (Å²) in [6, 6.07) is 0. The van der Waals surface area contributed by atoms with Crippen molar-refractivity contribution in [3.8, 4) is 0 Å². The Labute approximate surface area is 154 Å². The summed E-state index contributed by atoms with van der Waals surface area (Å²) >= 11 is 0. The van der Waals surface area contributed by atoms with E-state index in [9.17, 15) is 0 Å². The first kappa shape index (κ1) is 23.5. The number of hydrogen-bond donors (Lipinski definition) is 0. The maximum Gasteiger partial charge on any atom is -0.0351 e. The fraction of sp³-hybridized carbons (Fsp3) is 0.833. The Balaban J connectivity index is 3.05. The van der Waals surface area contributed by atoms with Crippen LogP contribution in [0.2, 0.25) is 0 Å². The van der Waals surface area contributed by atoms with Crippen LogP contribution < -0.4 is 0 Å². The molecule has 0 nitrogen and oxygen atoms in total. The standard InChI is InChI=1S/C24H46/c1-3-5-7-9-11-13-15-17-19-21-23-24-22-20-18-16-14-12-10-8-6-4-2/h3,5,20,22H,4,6-19,21,23-24H2,1-2H3. The summed E-state index contributed by atoms with van der Waals surface area (Å²) < 4.78 is 0. The first-order valence-corrected chi connectivity index (χ1v) is 11.2. The largest absolute Gasteiger partial charge is 0.0917 e. The number of rotatable bonds is 19. The minimum Gasteiger partial charge on any atom is -0.0917 e. The number of allylic oxidation sites excluding steroid dienone is 4. The molecular formula is C24H46. The summed E-state index contributed by atoms with van der Waals surface area (Å²) in [7, 11) is 0. The Bertz CT molecular complexity index is 261. The molecule has 0 aliphatic rings. The van der Waals surface area contributed by atoms with Crippen molar-refractivity contribution in [2.45, 2.75) is 129 Å². The van der Waals surface area contributed by atoms with E-state index in [-0.39, 0.29) is 0 Å². The van der Waals surface area contributed by atoms with Gasteiger partial charge in [0, 0.05) is 0 Å². The fourth-order valence-electron chi connectivity index (χ4n) is 3.21. The van der Waals surface area contributed by atoms with Crippen molar-refractivity contribution in [3.05, 3.63) is 24.3 Å². The molecule has 0 fully saturated rings. The third-order valence-electron chi connectivity index (χ3n) is 4.87. The molecule has 0 rings (SSSR count). The zero-order valence-corrected chi connectivity index (χ0v) is 17.0. The van der Waals surface area contributed by atoms with Crippen LogP contribution in [0.1, 0.15) is 129 Å². The lowest BCUT2D eigenvalue weighted by Gasteiger charge is -2.01. The second-order valence-electron chi connectivity index (χ2n) is 7.36. The second kappa shape index (κ2) is 22.5. The molecule has 0 aliphatic heterocycles. The molecule has 0 aliphatic carbocycles. The van der Waals surface area contributed by atoms with Gasteiger partial charge in [0.25, 0.3) is 0 Å². The lowest BCUT2D eigenvalue weighted by molar-refractivity contribution is 0.570. The van der Waals surface area contributed by atoms with Gasteiger partial charge in [0.05, 0.1) is 0 Å². The van der Waals surface area contributed by atoms with Gasteiger partial charge in [-0.1, -0.05) is 108 Å². The molecule has 0 unspecified atom stereocenters. The predicted molar refractivity (Wildman–Crippen MR) is 113 cm³/mol. The van der Waals surface area contributed by atoms with Crippen molar-refractivity contribution in [2.24, 2.45) is 0 Å². The molecule has 0 radical (unpaired) electrons. The van der Waals surface area contributed by atoms with Gasteiger partial charge in [-0.15, -0.1) is 0 Å². The molecule has 0 spiro atoms. The van der Waals surface area contributed by atoms with Crippen LogP contribution in [0.3, 0.4) is 0 Å². The summed E-state index contributed by atoms with van der Waals surface area (Å²) in [4.78, 5) is 0. The van der Waals surface area contributed by atoms with E-state index < -0.39 is 0 Å².